The first-order valence-corrected chi connectivity index (χ1v) is 12.5. The monoisotopic (exact) mass is 496 g/mol. The van der Waals surface area contributed by atoms with Gasteiger partial charge in [0, 0.05) is 10.4 Å². The Labute approximate surface area is 206 Å². The SMILES string of the molecule is COc1cc(-c2nc3sc4c(c3c(=O)[nH]2)CCC(C)C4)cc(Cl)c1OCCOc1ccccc1. The van der Waals surface area contributed by atoms with Gasteiger partial charge in [-0.1, -0.05) is 36.7 Å². The minimum absolute atomic E-state index is 0.111. The zero-order valence-electron chi connectivity index (χ0n) is 19.0. The van der Waals surface area contributed by atoms with Crippen molar-refractivity contribution in [2.45, 2.75) is 26.2 Å². The van der Waals surface area contributed by atoms with Crippen LogP contribution in [0.5, 0.6) is 17.2 Å². The van der Waals surface area contributed by atoms with E-state index in [1.54, 1.807) is 30.6 Å². The highest BCUT2D eigenvalue weighted by atomic mass is 35.5. The molecule has 6 nitrogen and oxygen atoms in total. The van der Waals surface area contributed by atoms with E-state index >= 15 is 0 Å². The van der Waals surface area contributed by atoms with Crippen molar-refractivity contribution in [3.05, 3.63) is 68.3 Å². The molecule has 1 atom stereocenters. The lowest BCUT2D eigenvalue weighted by Crippen LogP contribution is -2.13. The standard InChI is InChI=1S/C26H25ClN2O4S/c1-15-8-9-18-21(12-15)34-26-22(18)25(30)28-24(29-26)16-13-19(27)23(20(14-16)31-2)33-11-10-32-17-6-4-3-5-7-17/h3-7,13-15H,8-12H2,1-2H3,(H,28,29,30). The Balaban J connectivity index is 1.40. The van der Waals surface area contributed by atoms with Gasteiger partial charge in [-0.2, -0.15) is 0 Å². The molecule has 34 heavy (non-hydrogen) atoms. The van der Waals surface area contributed by atoms with Crippen molar-refractivity contribution < 1.29 is 14.2 Å². The molecule has 2 heterocycles. The minimum Gasteiger partial charge on any atom is -0.493 e. The molecule has 5 rings (SSSR count). The fourth-order valence-corrected chi connectivity index (χ4v) is 5.95. The molecule has 0 saturated heterocycles. The van der Waals surface area contributed by atoms with Crippen molar-refractivity contribution in [2.75, 3.05) is 20.3 Å². The highest BCUT2D eigenvalue weighted by Crippen LogP contribution is 2.40. The van der Waals surface area contributed by atoms with Crippen molar-refractivity contribution >= 4 is 33.2 Å². The van der Waals surface area contributed by atoms with Gasteiger partial charge in [-0.3, -0.25) is 4.79 Å². The lowest BCUT2D eigenvalue weighted by Gasteiger charge is -2.17. The van der Waals surface area contributed by atoms with E-state index in [2.05, 4.69) is 11.9 Å². The van der Waals surface area contributed by atoms with Gasteiger partial charge in [-0.05, 0) is 55.0 Å². The van der Waals surface area contributed by atoms with Crippen LogP contribution in [0.2, 0.25) is 5.02 Å². The summed E-state index contributed by atoms with van der Waals surface area (Å²) in [6.07, 6.45) is 3.04. The van der Waals surface area contributed by atoms with E-state index in [0.717, 1.165) is 40.8 Å². The van der Waals surface area contributed by atoms with Crippen LogP contribution < -0.4 is 19.8 Å². The normalized spacial score (nSPS) is 15.2. The molecule has 0 radical (unpaired) electrons. The maximum Gasteiger partial charge on any atom is 0.260 e. The predicted molar refractivity (Wildman–Crippen MR) is 136 cm³/mol. The number of halogens is 1. The first-order valence-electron chi connectivity index (χ1n) is 11.3. The number of H-pyrrole nitrogens is 1. The highest BCUT2D eigenvalue weighted by Gasteiger charge is 2.23. The number of aryl methyl sites for hydroxylation is 1. The Kier molecular flexibility index (Phi) is 6.48. The van der Waals surface area contributed by atoms with Gasteiger partial charge >= 0.3 is 0 Å². The van der Waals surface area contributed by atoms with Crippen LogP contribution in [0.15, 0.2) is 47.3 Å². The van der Waals surface area contributed by atoms with Gasteiger partial charge in [-0.25, -0.2) is 4.98 Å². The maximum atomic E-state index is 13.0. The van der Waals surface area contributed by atoms with Gasteiger partial charge in [0.05, 0.1) is 17.5 Å². The third-order valence-electron chi connectivity index (χ3n) is 6.01. The van der Waals surface area contributed by atoms with E-state index in [-0.39, 0.29) is 5.56 Å². The fourth-order valence-electron chi connectivity index (χ4n) is 4.30. The van der Waals surface area contributed by atoms with Crippen LogP contribution in [-0.2, 0) is 12.8 Å². The lowest BCUT2D eigenvalue weighted by molar-refractivity contribution is 0.211. The molecule has 1 aliphatic rings. The molecule has 0 saturated carbocycles. The second-order valence-electron chi connectivity index (χ2n) is 8.45. The molecule has 1 aliphatic carbocycles. The van der Waals surface area contributed by atoms with Crippen molar-refractivity contribution in [3.63, 3.8) is 0 Å². The summed E-state index contributed by atoms with van der Waals surface area (Å²) in [6.45, 7) is 2.91. The molecular weight excluding hydrogens is 472 g/mol. The van der Waals surface area contributed by atoms with Crippen molar-refractivity contribution in [1.82, 2.24) is 9.97 Å². The van der Waals surface area contributed by atoms with E-state index < -0.39 is 0 Å². The van der Waals surface area contributed by atoms with Gasteiger partial charge in [-0.15, -0.1) is 11.3 Å². The minimum atomic E-state index is -0.111. The number of rotatable bonds is 7. The number of fused-ring (bicyclic) bond motifs is 3. The molecule has 2 aromatic carbocycles. The molecule has 0 fully saturated rings. The van der Waals surface area contributed by atoms with E-state index in [9.17, 15) is 4.79 Å². The fraction of sp³-hybridized carbons (Fsp3) is 0.308. The summed E-state index contributed by atoms with van der Waals surface area (Å²) in [5, 5.41) is 1.10. The molecule has 0 amide bonds. The number of aromatic nitrogens is 2. The third-order valence-corrected chi connectivity index (χ3v) is 7.44. The number of benzene rings is 2. The summed E-state index contributed by atoms with van der Waals surface area (Å²) in [4.78, 5) is 22.8. The molecule has 176 valence electrons. The van der Waals surface area contributed by atoms with E-state index in [4.69, 9.17) is 30.8 Å². The molecule has 1 unspecified atom stereocenters. The van der Waals surface area contributed by atoms with Gasteiger partial charge in [0.25, 0.3) is 5.56 Å². The molecule has 0 aliphatic heterocycles. The molecule has 1 N–H and O–H groups in total. The summed E-state index contributed by atoms with van der Waals surface area (Å²) in [5.74, 6) is 2.75. The van der Waals surface area contributed by atoms with Gasteiger partial charge in [0.15, 0.2) is 11.5 Å². The third kappa shape index (κ3) is 4.50. The van der Waals surface area contributed by atoms with E-state index in [1.165, 1.54) is 4.88 Å². The second-order valence-corrected chi connectivity index (χ2v) is 9.94. The molecule has 4 aromatic rings. The van der Waals surface area contributed by atoms with E-state index in [0.29, 0.717) is 47.0 Å². The van der Waals surface area contributed by atoms with Crippen LogP contribution in [0.25, 0.3) is 21.6 Å². The zero-order valence-corrected chi connectivity index (χ0v) is 20.6. The number of nitrogens with zero attached hydrogens (tertiary/aromatic N) is 1. The molecule has 8 heteroatoms. The average Bonchev–Trinajstić information content (AvgIpc) is 3.20. The Morgan fingerprint density at radius 2 is 1.97 bits per heavy atom. The molecular formula is C26H25ClN2O4S. The number of para-hydroxylation sites is 1. The lowest BCUT2D eigenvalue weighted by atomic mass is 9.89. The number of hydrogen-bond acceptors (Lipinski definition) is 6. The van der Waals surface area contributed by atoms with Gasteiger partial charge in [0.1, 0.15) is 29.6 Å². The molecule has 2 aromatic heterocycles. The van der Waals surface area contributed by atoms with Crippen LogP contribution in [0.3, 0.4) is 0 Å². The first kappa shape index (κ1) is 22.7. The highest BCUT2D eigenvalue weighted by molar-refractivity contribution is 7.18. The smallest absolute Gasteiger partial charge is 0.260 e. The van der Waals surface area contributed by atoms with Crippen LogP contribution in [0.1, 0.15) is 23.8 Å². The molecule has 0 spiro atoms. The average molecular weight is 497 g/mol. The largest absolute Gasteiger partial charge is 0.493 e. The Hall–Kier alpha value is -3.03. The summed E-state index contributed by atoms with van der Waals surface area (Å²) in [6, 6.07) is 13.0. The number of nitrogens with one attached hydrogen (secondary N) is 1. The summed E-state index contributed by atoms with van der Waals surface area (Å²) in [7, 11) is 1.55. The Morgan fingerprint density at radius 3 is 2.76 bits per heavy atom. The summed E-state index contributed by atoms with van der Waals surface area (Å²) >= 11 is 8.17. The van der Waals surface area contributed by atoms with Crippen LogP contribution in [0.4, 0.5) is 0 Å². The topological polar surface area (TPSA) is 73.4 Å². The van der Waals surface area contributed by atoms with Crippen LogP contribution in [-0.4, -0.2) is 30.3 Å². The van der Waals surface area contributed by atoms with Crippen molar-refractivity contribution in [1.29, 1.82) is 0 Å². The predicted octanol–water partition coefficient (Wildman–Crippen LogP) is 5.90. The Bertz CT molecular complexity index is 1380. The van der Waals surface area contributed by atoms with Crippen LogP contribution in [0, 0.1) is 5.92 Å². The van der Waals surface area contributed by atoms with Gasteiger partial charge < -0.3 is 19.2 Å². The van der Waals surface area contributed by atoms with Crippen LogP contribution >= 0.6 is 22.9 Å². The summed E-state index contributed by atoms with van der Waals surface area (Å²) < 4.78 is 17.1. The second kappa shape index (κ2) is 9.68. The quantitative estimate of drug-likeness (QED) is 0.323. The van der Waals surface area contributed by atoms with E-state index in [1.807, 2.05) is 30.3 Å². The Morgan fingerprint density at radius 1 is 1.18 bits per heavy atom. The maximum absolute atomic E-state index is 13.0. The van der Waals surface area contributed by atoms with Crippen molar-refractivity contribution in [2.24, 2.45) is 5.92 Å². The number of thiophene rings is 1. The molecule has 0 bridgehead atoms. The van der Waals surface area contributed by atoms with Crippen molar-refractivity contribution in [3.8, 4) is 28.6 Å². The zero-order chi connectivity index (χ0) is 23.7. The van der Waals surface area contributed by atoms with Gasteiger partial charge in [0.2, 0.25) is 0 Å². The number of aromatic amines is 1. The number of ether oxygens (including phenoxy) is 3. The number of methoxy groups -OCH3 is 1. The summed E-state index contributed by atoms with van der Waals surface area (Å²) in [5.41, 5.74) is 1.71. The number of hydrogen-bond donors (Lipinski definition) is 1. The first-order chi connectivity index (χ1) is 16.5.